The molecule has 1 aromatic heterocycles. The van der Waals surface area contributed by atoms with Gasteiger partial charge in [0.2, 0.25) is 0 Å². The molecule has 1 aromatic carbocycles. The van der Waals surface area contributed by atoms with Crippen molar-refractivity contribution < 1.29 is 13.3 Å². The second-order valence-corrected chi connectivity index (χ2v) is 6.02. The summed E-state index contributed by atoms with van der Waals surface area (Å²) in [6.45, 7) is 0. The quantitative estimate of drug-likeness (QED) is 0.876. The number of nitrogens with zero attached hydrogens (tertiary/aromatic N) is 1. The molecule has 6 heteroatoms. The fourth-order valence-electron chi connectivity index (χ4n) is 2.04. The molecule has 19 heavy (non-hydrogen) atoms. The molecule has 0 bridgehead atoms. The summed E-state index contributed by atoms with van der Waals surface area (Å²) in [7, 11) is 0. The number of aromatic nitrogens is 1. The molecule has 1 aliphatic rings. The molecular weight excluding hydrogens is 286 g/mol. The van der Waals surface area contributed by atoms with E-state index < -0.39 is 11.1 Å². The van der Waals surface area contributed by atoms with Crippen molar-refractivity contribution in [2.24, 2.45) is 0 Å². The van der Waals surface area contributed by atoms with Crippen LogP contribution >= 0.6 is 11.6 Å². The van der Waals surface area contributed by atoms with Crippen LogP contribution in [0, 0.1) is 0 Å². The zero-order valence-corrected chi connectivity index (χ0v) is 11.6. The van der Waals surface area contributed by atoms with E-state index >= 15 is 0 Å². The normalized spacial score (nSPS) is 16.5. The highest BCUT2D eigenvalue weighted by molar-refractivity contribution is 7.78. The maximum absolute atomic E-state index is 11.0. The van der Waals surface area contributed by atoms with Gasteiger partial charge in [-0.1, -0.05) is 22.8 Å². The largest absolute Gasteiger partial charge is 0.360 e. The first kappa shape index (κ1) is 12.8. The molecule has 1 heterocycles. The minimum absolute atomic E-state index is 0.0293. The second-order valence-electron chi connectivity index (χ2n) is 4.66. The summed E-state index contributed by atoms with van der Waals surface area (Å²) in [4.78, 5) is 0. The molecule has 3 rings (SSSR count). The van der Waals surface area contributed by atoms with Crippen LogP contribution in [0.15, 0.2) is 28.8 Å². The van der Waals surface area contributed by atoms with E-state index in [2.05, 4.69) is 5.16 Å². The van der Waals surface area contributed by atoms with Crippen molar-refractivity contribution >= 4 is 22.7 Å². The van der Waals surface area contributed by atoms with Gasteiger partial charge in [-0.2, -0.15) is 0 Å². The van der Waals surface area contributed by atoms with Crippen molar-refractivity contribution in [1.82, 2.24) is 5.16 Å². The topological polar surface area (TPSA) is 63.3 Å². The minimum atomic E-state index is -1.92. The van der Waals surface area contributed by atoms with Gasteiger partial charge in [-0.3, -0.25) is 0 Å². The van der Waals surface area contributed by atoms with Gasteiger partial charge in [0, 0.05) is 22.6 Å². The standard InChI is InChI=1S/C13H12ClNO3S/c14-10-3-4-11(9(5-10)7-19(16)17)12-6-13(18-15-12)8-1-2-8/h3-6,8H,1-2,7H2,(H,16,17). The molecular formula is C13H12ClNO3S. The van der Waals surface area contributed by atoms with E-state index in [1.807, 2.05) is 6.07 Å². The highest BCUT2D eigenvalue weighted by atomic mass is 35.5. The van der Waals surface area contributed by atoms with Gasteiger partial charge >= 0.3 is 0 Å². The summed E-state index contributed by atoms with van der Waals surface area (Å²) in [6, 6.07) is 7.15. The lowest BCUT2D eigenvalue weighted by Crippen LogP contribution is -1.96. The first-order chi connectivity index (χ1) is 9.13. The SMILES string of the molecule is O=S(O)Cc1cc(Cl)ccc1-c1cc(C2CC2)on1. The molecule has 1 aliphatic carbocycles. The maximum atomic E-state index is 11.0. The van der Waals surface area contributed by atoms with Gasteiger partial charge in [0.25, 0.3) is 0 Å². The molecule has 100 valence electrons. The summed E-state index contributed by atoms with van der Waals surface area (Å²) >= 11 is 4.01. The van der Waals surface area contributed by atoms with Crippen molar-refractivity contribution in [3.05, 3.63) is 40.6 Å². The van der Waals surface area contributed by atoms with Crippen LogP contribution < -0.4 is 0 Å². The summed E-state index contributed by atoms with van der Waals surface area (Å²) in [5.41, 5.74) is 2.19. The highest BCUT2D eigenvalue weighted by Gasteiger charge is 2.28. The van der Waals surface area contributed by atoms with Gasteiger partial charge < -0.3 is 9.08 Å². The van der Waals surface area contributed by atoms with Gasteiger partial charge in [-0.05, 0) is 30.5 Å². The van der Waals surface area contributed by atoms with E-state index in [1.165, 1.54) is 0 Å². The molecule has 1 fully saturated rings. The predicted molar refractivity (Wildman–Crippen MR) is 73.4 cm³/mol. The van der Waals surface area contributed by atoms with Crippen LogP contribution in [-0.2, 0) is 16.8 Å². The molecule has 0 saturated heterocycles. The lowest BCUT2D eigenvalue weighted by molar-refractivity contribution is 0.386. The van der Waals surface area contributed by atoms with Crippen molar-refractivity contribution in [2.75, 3.05) is 0 Å². The molecule has 4 nitrogen and oxygen atoms in total. The van der Waals surface area contributed by atoms with Crippen LogP contribution in [-0.4, -0.2) is 13.9 Å². The van der Waals surface area contributed by atoms with Crippen LogP contribution in [0.2, 0.25) is 5.02 Å². The lowest BCUT2D eigenvalue weighted by atomic mass is 10.1. The molecule has 0 radical (unpaired) electrons. The first-order valence-corrected chi connectivity index (χ1v) is 7.62. The summed E-state index contributed by atoms with van der Waals surface area (Å²) < 4.78 is 25.4. The molecule has 0 spiro atoms. The van der Waals surface area contributed by atoms with Gasteiger partial charge in [0.1, 0.15) is 11.5 Å². The van der Waals surface area contributed by atoms with Gasteiger partial charge in [-0.25, -0.2) is 4.21 Å². The summed E-state index contributed by atoms with van der Waals surface area (Å²) in [5.74, 6) is 1.41. The smallest absolute Gasteiger partial charge is 0.157 e. The Morgan fingerprint density at radius 1 is 1.42 bits per heavy atom. The average molecular weight is 298 g/mol. The second kappa shape index (κ2) is 5.07. The van der Waals surface area contributed by atoms with Crippen LogP contribution in [0.1, 0.15) is 30.1 Å². The van der Waals surface area contributed by atoms with E-state index in [4.69, 9.17) is 20.7 Å². The van der Waals surface area contributed by atoms with E-state index in [0.717, 1.165) is 24.2 Å². The third-order valence-electron chi connectivity index (χ3n) is 3.13. The Morgan fingerprint density at radius 3 is 2.89 bits per heavy atom. The zero-order valence-electron chi connectivity index (χ0n) is 10.0. The van der Waals surface area contributed by atoms with Crippen LogP contribution in [0.5, 0.6) is 0 Å². The van der Waals surface area contributed by atoms with Crippen molar-refractivity contribution in [1.29, 1.82) is 0 Å². The molecule has 1 atom stereocenters. The van der Waals surface area contributed by atoms with E-state index in [9.17, 15) is 4.21 Å². The minimum Gasteiger partial charge on any atom is -0.360 e. The highest BCUT2D eigenvalue weighted by Crippen LogP contribution is 2.41. The Hall–Kier alpha value is -1.17. The fraction of sp³-hybridized carbons (Fsp3) is 0.308. The first-order valence-electron chi connectivity index (χ1n) is 5.96. The summed E-state index contributed by atoms with van der Waals surface area (Å²) in [6.07, 6.45) is 2.28. The summed E-state index contributed by atoms with van der Waals surface area (Å²) in [5, 5.41) is 4.58. The third-order valence-corrected chi connectivity index (χ3v) is 3.92. The monoisotopic (exact) mass is 297 g/mol. The molecule has 0 amide bonds. The van der Waals surface area contributed by atoms with Crippen molar-refractivity contribution in [2.45, 2.75) is 24.5 Å². The number of halogens is 1. The van der Waals surface area contributed by atoms with Crippen LogP contribution in [0.3, 0.4) is 0 Å². The van der Waals surface area contributed by atoms with Gasteiger partial charge in [-0.15, -0.1) is 0 Å². The molecule has 2 aromatic rings. The zero-order chi connectivity index (χ0) is 13.4. The molecule has 1 saturated carbocycles. The maximum Gasteiger partial charge on any atom is 0.157 e. The molecule has 1 unspecified atom stereocenters. The third kappa shape index (κ3) is 2.88. The van der Waals surface area contributed by atoms with Crippen molar-refractivity contribution in [3.63, 3.8) is 0 Å². The number of benzene rings is 1. The Kier molecular flexibility index (Phi) is 3.43. The van der Waals surface area contributed by atoms with Gasteiger partial charge in [0.05, 0.1) is 5.75 Å². The Morgan fingerprint density at radius 2 is 2.21 bits per heavy atom. The number of hydrogen-bond acceptors (Lipinski definition) is 3. The van der Waals surface area contributed by atoms with Crippen molar-refractivity contribution in [3.8, 4) is 11.3 Å². The number of hydrogen-bond donors (Lipinski definition) is 1. The lowest BCUT2D eigenvalue weighted by Gasteiger charge is -2.05. The molecule has 0 aliphatic heterocycles. The Labute approximate surface area is 118 Å². The van der Waals surface area contributed by atoms with Gasteiger partial charge in [0.15, 0.2) is 11.1 Å². The van der Waals surface area contributed by atoms with E-state index in [-0.39, 0.29) is 5.75 Å². The van der Waals surface area contributed by atoms with Crippen LogP contribution in [0.4, 0.5) is 0 Å². The predicted octanol–water partition coefficient (Wildman–Crippen LogP) is 3.59. The molecule has 1 N–H and O–H groups in total. The van der Waals surface area contributed by atoms with Crippen LogP contribution in [0.25, 0.3) is 11.3 Å². The van der Waals surface area contributed by atoms with E-state index in [0.29, 0.717) is 22.2 Å². The average Bonchev–Trinajstić information content (AvgIpc) is 3.08. The number of rotatable bonds is 4. The Bertz CT molecular complexity index is 637. The van der Waals surface area contributed by atoms with E-state index in [1.54, 1.807) is 18.2 Å². The Balaban J connectivity index is 1.99. The fourth-order valence-corrected chi connectivity index (χ4v) is 2.74.